The number of hydrogen-bond acceptors (Lipinski definition) is 9. The molecule has 2 aromatic carbocycles. The summed E-state index contributed by atoms with van der Waals surface area (Å²) in [6, 6.07) is 19.1. The largest absolute Gasteiger partial charge is 0.475 e. The van der Waals surface area contributed by atoms with Crippen LogP contribution in [0.5, 0.6) is 5.88 Å². The van der Waals surface area contributed by atoms with Crippen LogP contribution >= 0.6 is 0 Å². The van der Waals surface area contributed by atoms with Gasteiger partial charge in [-0.2, -0.15) is 4.98 Å². The van der Waals surface area contributed by atoms with Crippen molar-refractivity contribution in [1.29, 1.82) is 0 Å². The Morgan fingerprint density at radius 1 is 0.980 bits per heavy atom. The minimum absolute atomic E-state index is 0.0738. The minimum Gasteiger partial charge on any atom is -0.475 e. The Balaban J connectivity index is 1.45. The van der Waals surface area contributed by atoms with Crippen molar-refractivity contribution in [3.8, 4) is 17.1 Å². The summed E-state index contributed by atoms with van der Waals surface area (Å²) in [7, 11) is -2.45. The molecule has 11 nitrogen and oxygen atoms in total. The molecule has 4 heterocycles. The molecule has 4 aromatic rings. The van der Waals surface area contributed by atoms with E-state index in [2.05, 4.69) is 40.4 Å². The zero-order valence-electron chi connectivity index (χ0n) is 28.9. The van der Waals surface area contributed by atoms with Crippen molar-refractivity contribution in [2.24, 2.45) is 5.41 Å². The summed E-state index contributed by atoms with van der Waals surface area (Å²) < 4.78 is 41.9. The van der Waals surface area contributed by atoms with Crippen molar-refractivity contribution in [1.82, 2.24) is 19.9 Å². The third-order valence-corrected chi connectivity index (χ3v) is 10.3. The standard InChI is InChI=1S/C37H44N6O5S/c1-24-10-7-11-25(2)34(24)31-19-33-40-36(39-31)41-49(45,46)30-14-8-12-26(18-30)35(44)43(28(23-48-33)20-37(3,4)5)21-27-13-9-15-32(38-27)42-17-16-29(22-42)47-6/h7-15,18-19,28-29H,16-17,20-23H2,1-6H3,(H,39,40,41)/t28-,29?/m1/s1. The number of fused-ring (bicyclic) bond motifs is 4. The zero-order valence-corrected chi connectivity index (χ0v) is 29.8. The SMILES string of the molecule is COC1CCN(c2cccc(CN3C(=O)c4cccc(c4)S(=O)(=O)Nc4nc(cc(-c5c(C)cccc5C)n4)OC[C@H]3CC(C)(C)C)n2)C1. The van der Waals surface area contributed by atoms with E-state index in [1.165, 1.54) is 12.1 Å². The smallest absolute Gasteiger partial charge is 0.264 e. The van der Waals surface area contributed by atoms with Crippen LogP contribution in [0, 0.1) is 19.3 Å². The van der Waals surface area contributed by atoms with Crippen molar-refractivity contribution in [3.63, 3.8) is 0 Å². The summed E-state index contributed by atoms with van der Waals surface area (Å²) >= 11 is 0. The average Bonchev–Trinajstić information content (AvgIpc) is 3.54. The number of aromatic nitrogens is 3. The number of amides is 1. The van der Waals surface area contributed by atoms with E-state index in [1.54, 1.807) is 30.2 Å². The highest BCUT2D eigenvalue weighted by molar-refractivity contribution is 7.92. The number of ether oxygens (including phenoxy) is 2. The number of rotatable bonds is 6. The van der Waals surface area contributed by atoms with E-state index in [4.69, 9.17) is 14.5 Å². The van der Waals surface area contributed by atoms with Gasteiger partial charge in [0.2, 0.25) is 11.8 Å². The Kier molecular flexibility index (Phi) is 9.63. The van der Waals surface area contributed by atoms with Gasteiger partial charge in [-0.1, -0.05) is 51.1 Å². The molecule has 4 bridgehead atoms. The molecule has 1 N–H and O–H groups in total. The van der Waals surface area contributed by atoms with E-state index >= 15 is 0 Å². The molecule has 2 aliphatic heterocycles. The summed E-state index contributed by atoms with van der Waals surface area (Å²) in [6.45, 7) is 12.2. The molecular weight excluding hydrogens is 641 g/mol. The van der Waals surface area contributed by atoms with E-state index in [1.807, 2.05) is 50.2 Å². The van der Waals surface area contributed by atoms with E-state index in [0.29, 0.717) is 17.8 Å². The van der Waals surface area contributed by atoms with Crippen LogP contribution in [-0.2, 0) is 21.3 Å². The molecule has 0 saturated carbocycles. The molecule has 1 unspecified atom stereocenters. The van der Waals surface area contributed by atoms with Gasteiger partial charge in [-0.25, -0.2) is 23.1 Å². The van der Waals surface area contributed by atoms with Crippen molar-refractivity contribution in [3.05, 3.63) is 89.1 Å². The third kappa shape index (κ3) is 7.86. The van der Waals surface area contributed by atoms with Gasteiger partial charge in [-0.15, -0.1) is 0 Å². The molecule has 258 valence electrons. The zero-order chi connectivity index (χ0) is 34.9. The van der Waals surface area contributed by atoms with E-state index in [-0.39, 0.29) is 52.9 Å². The quantitative estimate of drug-likeness (QED) is 0.259. The molecule has 1 saturated heterocycles. The topological polar surface area (TPSA) is 127 Å². The molecule has 0 radical (unpaired) electrons. The van der Waals surface area contributed by atoms with E-state index in [0.717, 1.165) is 42.0 Å². The molecule has 12 heteroatoms. The fraction of sp³-hybridized carbons (Fsp3) is 0.405. The number of methoxy groups -OCH3 is 1. The Hall–Kier alpha value is -4.55. The number of anilines is 2. The van der Waals surface area contributed by atoms with Gasteiger partial charge in [0.05, 0.1) is 35.0 Å². The predicted molar refractivity (Wildman–Crippen MR) is 189 cm³/mol. The summed E-state index contributed by atoms with van der Waals surface area (Å²) in [4.78, 5) is 32.5. The summed E-state index contributed by atoms with van der Waals surface area (Å²) in [5, 5.41) is 0. The molecule has 1 fully saturated rings. The fourth-order valence-electron chi connectivity index (χ4n) is 6.58. The maximum atomic E-state index is 14.5. The van der Waals surface area contributed by atoms with Crippen LogP contribution in [0.3, 0.4) is 0 Å². The number of nitrogens with zero attached hydrogens (tertiary/aromatic N) is 5. The van der Waals surface area contributed by atoms with Gasteiger partial charge in [0, 0.05) is 37.4 Å². The monoisotopic (exact) mass is 684 g/mol. The van der Waals surface area contributed by atoms with Gasteiger partial charge in [-0.05, 0) is 73.6 Å². The van der Waals surface area contributed by atoms with Crippen molar-refractivity contribution in [2.45, 2.75) is 71.0 Å². The van der Waals surface area contributed by atoms with Gasteiger partial charge in [0.15, 0.2) is 0 Å². The molecule has 2 aromatic heterocycles. The molecule has 49 heavy (non-hydrogen) atoms. The maximum Gasteiger partial charge on any atom is 0.264 e. The maximum absolute atomic E-state index is 14.5. The fourth-order valence-corrected chi connectivity index (χ4v) is 7.57. The lowest BCUT2D eigenvalue weighted by molar-refractivity contribution is 0.0509. The first-order chi connectivity index (χ1) is 23.3. The highest BCUT2D eigenvalue weighted by atomic mass is 32.2. The Morgan fingerprint density at radius 2 is 1.71 bits per heavy atom. The third-order valence-electron chi connectivity index (χ3n) is 8.96. The van der Waals surface area contributed by atoms with Crippen LogP contribution in [0.2, 0.25) is 0 Å². The summed E-state index contributed by atoms with van der Waals surface area (Å²) in [6.07, 6.45) is 1.66. The second-order valence-electron chi connectivity index (χ2n) is 14.1. The van der Waals surface area contributed by atoms with E-state index < -0.39 is 16.1 Å². The predicted octanol–water partition coefficient (Wildman–Crippen LogP) is 6.02. The molecule has 0 aliphatic carbocycles. The number of carbonyl (C=O) groups excluding carboxylic acids is 1. The number of nitrogens with one attached hydrogen (secondary N) is 1. The van der Waals surface area contributed by atoms with Gasteiger partial charge in [0.25, 0.3) is 15.9 Å². The van der Waals surface area contributed by atoms with Crippen LogP contribution in [0.15, 0.2) is 71.6 Å². The molecule has 1 amide bonds. The van der Waals surface area contributed by atoms with Gasteiger partial charge in [-0.3, -0.25) is 4.79 Å². The number of benzene rings is 2. The van der Waals surface area contributed by atoms with Crippen LogP contribution in [0.1, 0.15) is 60.8 Å². The number of carbonyl (C=O) groups is 1. The number of sulfonamides is 1. The number of pyridine rings is 1. The van der Waals surface area contributed by atoms with Crippen LogP contribution < -0.4 is 14.4 Å². The Bertz CT molecular complexity index is 1940. The van der Waals surface area contributed by atoms with Crippen molar-refractivity contribution < 1.29 is 22.7 Å². The summed E-state index contributed by atoms with van der Waals surface area (Å²) in [5.74, 6) is 0.583. The molecule has 0 spiro atoms. The second kappa shape index (κ2) is 13.8. The molecular formula is C37H44N6O5S. The van der Waals surface area contributed by atoms with Crippen LogP contribution in [0.25, 0.3) is 11.3 Å². The first kappa shape index (κ1) is 34.3. The van der Waals surface area contributed by atoms with Crippen LogP contribution in [-0.4, -0.2) is 73.1 Å². The lowest BCUT2D eigenvalue weighted by Crippen LogP contribution is -2.45. The average molecular weight is 685 g/mol. The lowest BCUT2D eigenvalue weighted by atomic mass is 9.87. The number of hydrogen-bond donors (Lipinski definition) is 1. The lowest BCUT2D eigenvalue weighted by Gasteiger charge is -2.35. The van der Waals surface area contributed by atoms with Gasteiger partial charge < -0.3 is 19.3 Å². The van der Waals surface area contributed by atoms with Crippen molar-refractivity contribution >= 4 is 27.7 Å². The number of aryl methyl sites for hydroxylation is 2. The molecule has 6 rings (SSSR count). The van der Waals surface area contributed by atoms with Gasteiger partial charge >= 0.3 is 0 Å². The normalized spacial score (nSPS) is 19.3. The molecule has 2 aliphatic rings. The summed E-state index contributed by atoms with van der Waals surface area (Å²) in [5.41, 5.74) is 4.12. The second-order valence-corrected chi connectivity index (χ2v) is 15.7. The van der Waals surface area contributed by atoms with Crippen molar-refractivity contribution in [2.75, 3.05) is 36.4 Å². The highest BCUT2D eigenvalue weighted by Crippen LogP contribution is 2.32. The first-order valence-electron chi connectivity index (χ1n) is 16.6. The minimum atomic E-state index is -4.17. The first-order valence-corrected chi connectivity index (χ1v) is 18.0. The van der Waals surface area contributed by atoms with Crippen LogP contribution in [0.4, 0.5) is 11.8 Å². The van der Waals surface area contributed by atoms with Gasteiger partial charge in [0.1, 0.15) is 12.4 Å². The van der Waals surface area contributed by atoms with E-state index in [9.17, 15) is 13.2 Å². The Labute approximate surface area is 288 Å². The highest BCUT2D eigenvalue weighted by Gasteiger charge is 2.32. The Morgan fingerprint density at radius 3 is 2.43 bits per heavy atom. The molecule has 2 atom stereocenters.